The van der Waals surface area contributed by atoms with Crippen molar-refractivity contribution in [2.24, 2.45) is 0 Å². The van der Waals surface area contributed by atoms with E-state index in [2.05, 4.69) is 21.2 Å². The van der Waals surface area contributed by atoms with Crippen molar-refractivity contribution in [2.45, 2.75) is 25.8 Å². The monoisotopic (exact) mass is 360 g/mol. The van der Waals surface area contributed by atoms with Gasteiger partial charge in [-0.1, -0.05) is 15.9 Å². The standard InChI is InChI=1S/C14H15BrF2N2O2/c1-8(14(21)19-4-2-3-5-19)18-13(20)12-10(16)6-9(15)7-11(12)17/h6-8H,2-5H2,1H3,(H,18,20). The first-order valence-electron chi connectivity index (χ1n) is 6.64. The maximum Gasteiger partial charge on any atom is 0.257 e. The van der Waals surface area contributed by atoms with Crippen LogP contribution in [0.2, 0.25) is 0 Å². The van der Waals surface area contributed by atoms with E-state index >= 15 is 0 Å². The normalized spacial score (nSPS) is 15.9. The van der Waals surface area contributed by atoms with Crippen molar-refractivity contribution in [2.75, 3.05) is 13.1 Å². The van der Waals surface area contributed by atoms with E-state index in [4.69, 9.17) is 0 Å². The van der Waals surface area contributed by atoms with Gasteiger partial charge in [-0.05, 0) is 31.9 Å². The SMILES string of the molecule is CC(NC(=O)c1c(F)cc(Br)cc1F)C(=O)N1CCCC1. The second-order valence-corrected chi connectivity index (χ2v) is 5.89. The number of nitrogens with one attached hydrogen (secondary N) is 1. The van der Waals surface area contributed by atoms with Gasteiger partial charge >= 0.3 is 0 Å². The summed E-state index contributed by atoms with van der Waals surface area (Å²) in [5.41, 5.74) is -0.681. The molecule has 1 aromatic rings. The summed E-state index contributed by atoms with van der Waals surface area (Å²) >= 11 is 2.94. The molecule has 1 saturated heterocycles. The van der Waals surface area contributed by atoms with Gasteiger partial charge in [-0.25, -0.2) is 8.78 Å². The van der Waals surface area contributed by atoms with Crippen molar-refractivity contribution < 1.29 is 18.4 Å². The van der Waals surface area contributed by atoms with E-state index in [-0.39, 0.29) is 10.4 Å². The molecule has 0 aliphatic carbocycles. The molecular weight excluding hydrogens is 346 g/mol. The topological polar surface area (TPSA) is 49.4 Å². The number of benzene rings is 1. The highest BCUT2D eigenvalue weighted by molar-refractivity contribution is 9.10. The minimum atomic E-state index is -0.972. The molecule has 0 bridgehead atoms. The number of hydrogen-bond donors (Lipinski definition) is 1. The van der Waals surface area contributed by atoms with Gasteiger partial charge in [0.2, 0.25) is 5.91 Å². The maximum absolute atomic E-state index is 13.7. The largest absolute Gasteiger partial charge is 0.341 e. The summed E-state index contributed by atoms with van der Waals surface area (Å²) in [5, 5.41) is 2.35. The van der Waals surface area contributed by atoms with Crippen molar-refractivity contribution in [1.82, 2.24) is 10.2 Å². The zero-order valence-corrected chi connectivity index (χ0v) is 13.0. The molecule has 0 spiro atoms. The lowest BCUT2D eigenvalue weighted by molar-refractivity contribution is -0.131. The molecule has 0 saturated carbocycles. The molecule has 1 atom stereocenters. The Morgan fingerprint density at radius 3 is 2.29 bits per heavy atom. The van der Waals surface area contributed by atoms with Gasteiger partial charge < -0.3 is 10.2 Å². The lowest BCUT2D eigenvalue weighted by Crippen LogP contribution is -2.46. The van der Waals surface area contributed by atoms with E-state index in [1.807, 2.05) is 0 Å². The number of hydrogen-bond acceptors (Lipinski definition) is 2. The quantitative estimate of drug-likeness (QED) is 0.899. The number of rotatable bonds is 3. The zero-order valence-electron chi connectivity index (χ0n) is 11.5. The van der Waals surface area contributed by atoms with Gasteiger partial charge in [0.25, 0.3) is 5.91 Å². The Kier molecular flexibility index (Phi) is 4.92. The smallest absolute Gasteiger partial charge is 0.257 e. The molecule has 1 heterocycles. The molecule has 1 fully saturated rings. The molecule has 1 aromatic carbocycles. The predicted octanol–water partition coefficient (Wildman–Crippen LogP) is 2.47. The van der Waals surface area contributed by atoms with Gasteiger partial charge in [0, 0.05) is 17.6 Å². The Bertz CT molecular complexity index is 551. The number of amides is 2. The molecule has 4 nitrogen and oxygen atoms in total. The minimum absolute atomic E-state index is 0.204. The first-order chi connectivity index (χ1) is 9.90. The van der Waals surface area contributed by atoms with Crippen LogP contribution in [-0.2, 0) is 4.79 Å². The van der Waals surface area contributed by atoms with Crippen LogP contribution in [0.5, 0.6) is 0 Å². The lowest BCUT2D eigenvalue weighted by Gasteiger charge is -2.21. The molecule has 1 unspecified atom stereocenters. The van der Waals surface area contributed by atoms with Gasteiger partial charge in [0.15, 0.2) is 0 Å². The lowest BCUT2D eigenvalue weighted by atomic mass is 10.1. The van der Waals surface area contributed by atoms with E-state index in [9.17, 15) is 18.4 Å². The molecular formula is C14H15BrF2N2O2. The fraction of sp³-hybridized carbons (Fsp3) is 0.429. The summed E-state index contributed by atoms with van der Waals surface area (Å²) in [4.78, 5) is 25.6. The zero-order chi connectivity index (χ0) is 15.6. The van der Waals surface area contributed by atoms with Crippen LogP contribution < -0.4 is 5.32 Å². The van der Waals surface area contributed by atoms with Crippen molar-refractivity contribution in [1.29, 1.82) is 0 Å². The van der Waals surface area contributed by atoms with Gasteiger partial charge in [-0.2, -0.15) is 0 Å². The van der Waals surface area contributed by atoms with Crippen LogP contribution in [0.3, 0.4) is 0 Å². The number of likely N-dealkylation sites (tertiary alicyclic amines) is 1. The van der Waals surface area contributed by atoms with Gasteiger partial charge in [-0.3, -0.25) is 9.59 Å². The van der Waals surface area contributed by atoms with Crippen molar-refractivity contribution in [3.05, 3.63) is 33.8 Å². The minimum Gasteiger partial charge on any atom is -0.341 e. The van der Waals surface area contributed by atoms with Crippen LogP contribution >= 0.6 is 15.9 Å². The van der Waals surface area contributed by atoms with Crippen LogP contribution in [0.1, 0.15) is 30.1 Å². The average molecular weight is 361 g/mol. The van der Waals surface area contributed by atoms with E-state index in [0.29, 0.717) is 13.1 Å². The molecule has 7 heteroatoms. The average Bonchev–Trinajstić information content (AvgIpc) is 2.89. The molecule has 1 aliphatic rings. The highest BCUT2D eigenvalue weighted by Crippen LogP contribution is 2.19. The molecule has 1 N–H and O–H groups in total. The van der Waals surface area contributed by atoms with Gasteiger partial charge in [0.1, 0.15) is 23.2 Å². The fourth-order valence-corrected chi connectivity index (χ4v) is 2.70. The molecule has 2 amide bonds. The number of carbonyl (C=O) groups excluding carboxylic acids is 2. The third kappa shape index (κ3) is 3.58. The Balaban J connectivity index is 2.09. The third-order valence-corrected chi connectivity index (χ3v) is 3.83. The molecule has 0 aromatic heterocycles. The van der Waals surface area contributed by atoms with E-state index < -0.39 is 29.1 Å². The Morgan fingerprint density at radius 2 is 1.76 bits per heavy atom. The van der Waals surface area contributed by atoms with E-state index in [1.54, 1.807) is 4.90 Å². The van der Waals surface area contributed by atoms with Crippen LogP contribution in [0.15, 0.2) is 16.6 Å². The van der Waals surface area contributed by atoms with Crippen LogP contribution in [0.25, 0.3) is 0 Å². The van der Waals surface area contributed by atoms with Crippen molar-refractivity contribution >= 4 is 27.7 Å². The van der Waals surface area contributed by atoms with Crippen LogP contribution in [0.4, 0.5) is 8.78 Å². The summed E-state index contributed by atoms with van der Waals surface area (Å²) in [5.74, 6) is -3.11. The Hall–Kier alpha value is -1.50. The summed E-state index contributed by atoms with van der Waals surface area (Å²) < 4.78 is 27.6. The first kappa shape index (κ1) is 15.9. The summed E-state index contributed by atoms with van der Waals surface area (Å²) in [6.07, 6.45) is 1.87. The van der Waals surface area contributed by atoms with Crippen LogP contribution in [-0.4, -0.2) is 35.8 Å². The van der Waals surface area contributed by atoms with Gasteiger partial charge in [-0.15, -0.1) is 0 Å². The highest BCUT2D eigenvalue weighted by Gasteiger charge is 2.26. The molecule has 21 heavy (non-hydrogen) atoms. The number of nitrogens with zero attached hydrogens (tertiary/aromatic N) is 1. The van der Waals surface area contributed by atoms with Gasteiger partial charge in [0.05, 0.1) is 0 Å². The second kappa shape index (κ2) is 6.51. The first-order valence-corrected chi connectivity index (χ1v) is 7.43. The number of carbonyl (C=O) groups is 2. The molecule has 1 aliphatic heterocycles. The predicted molar refractivity (Wildman–Crippen MR) is 76.8 cm³/mol. The summed E-state index contributed by atoms with van der Waals surface area (Å²) in [7, 11) is 0. The molecule has 114 valence electrons. The van der Waals surface area contributed by atoms with Crippen molar-refractivity contribution in [3.8, 4) is 0 Å². The summed E-state index contributed by atoms with van der Waals surface area (Å²) in [6.45, 7) is 2.81. The van der Waals surface area contributed by atoms with Crippen LogP contribution in [0, 0.1) is 11.6 Å². The number of halogens is 3. The third-order valence-electron chi connectivity index (χ3n) is 3.37. The molecule has 0 radical (unpaired) electrons. The second-order valence-electron chi connectivity index (χ2n) is 4.97. The Labute approximate surface area is 129 Å². The molecule has 2 rings (SSSR count). The Morgan fingerprint density at radius 1 is 1.24 bits per heavy atom. The fourth-order valence-electron chi connectivity index (χ4n) is 2.30. The summed E-state index contributed by atoms with van der Waals surface area (Å²) in [6, 6.07) is 1.19. The van der Waals surface area contributed by atoms with E-state index in [0.717, 1.165) is 25.0 Å². The maximum atomic E-state index is 13.7. The van der Waals surface area contributed by atoms with Crippen molar-refractivity contribution in [3.63, 3.8) is 0 Å². The van der Waals surface area contributed by atoms with E-state index in [1.165, 1.54) is 6.92 Å². The highest BCUT2D eigenvalue weighted by atomic mass is 79.9.